The number of urea groups is 1. The molecule has 0 saturated carbocycles. The Bertz CT molecular complexity index is 259. The lowest BCUT2D eigenvalue weighted by atomic mass is 10.2. The topological polar surface area (TPSA) is 82.6 Å². The summed E-state index contributed by atoms with van der Waals surface area (Å²) in [7, 11) is 0. The van der Waals surface area contributed by atoms with Gasteiger partial charge in [-0.15, -0.1) is 0 Å². The Kier molecular flexibility index (Phi) is 1.16. The second-order valence-corrected chi connectivity index (χ2v) is 2.27. The van der Waals surface area contributed by atoms with E-state index in [9.17, 15) is 9.59 Å². The molecule has 1 saturated heterocycles. The molecule has 0 aliphatic carbocycles. The van der Waals surface area contributed by atoms with Crippen molar-refractivity contribution in [3.05, 3.63) is 0 Å². The third-order valence-corrected chi connectivity index (χ3v) is 1.55. The van der Waals surface area contributed by atoms with Crippen LogP contribution in [0.3, 0.4) is 0 Å². The first kappa shape index (κ1) is 6.29. The van der Waals surface area contributed by atoms with Crippen LogP contribution in [0.1, 0.15) is 0 Å². The number of fused-ring (bicyclic) bond motifs is 1. The molecule has 1 fully saturated rings. The third-order valence-electron chi connectivity index (χ3n) is 1.55. The normalized spacial score (nSPS) is 28.7. The number of hydrogen-bond donors (Lipinski definition) is 3. The molecule has 6 nitrogen and oxygen atoms in total. The van der Waals surface area contributed by atoms with Crippen LogP contribution < -0.4 is 16.0 Å². The largest absolute Gasteiger partial charge is 0.343 e. The van der Waals surface area contributed by atoms with Gasteiger partial charge in [0.25, 0.3) is 5.91 Å². The summed E-state index contributed by atoms with van der Waals surface area (Å²) in [5.74, 6) is -0.285. The van der Waals surface area contributed by atoms with E-state index < -0.39 is 12.2 Å². The summed E-state index contributed by atoms with van der Waals surface area (Å²) in [5, 5.41) is 7.82. The number of aliphatic imine (C=N–C) groups is 1. The van der Waals surface area contributed by atoms with E-state index >= 15 is 0 Å². The molecule has 2 heterocycles. The number of hydrogen-bond acceptors (Lipinski definition) is 3. The Hall–Kier alpha value is -1.43. The maximum Gasteiger partial charge on any atom is 0.343 e. The van der Waals surface area contributed by atoms with Crippen LogP contribution >= 0.6 is 0 Å². The molecule has 1 unspecified atom stereocenters. The SMILES string of the molecule is O=C1N=C2C(=O)NCNC2N1. The van der Waals surface area contributed by atoms with Gasteiger partial charge in [0.1, 0.15) is 11.9 Å². The van der Waals surface area contributed by atoms with E-state index in [2.05, 4.69) is 20.9 Å². The van der Waals surface area contributed by atoms with Gasteiger partial charge in [-0.3, -0.25) is 10.1 Å². The fourth-order valence-corrected chi connectivity index (χ4v) is 1.05. The zero-order valence-corrected chi connectivity index (χ0v) is 5.55. The number of carbonyl (C=O) groups excluding carboxylic acids is 2. The summed E-state index contributed by atoms with van der Waals surface area (Å²) in [6, 6.07) is -0.463. The van der Waals surface area contributed by atoms with Crippen molar-refractivity contribution in [3.63, 3.8) is 0 Å². The highest BCUT2D eigenvalue weighted by Gasteiger charge is 2.33. The molecule has 2 aliphatic heterocycles. The smallest absolute Gasteiger partial charge is 0.338 e. The van der Waals surface area contributed by atoms with Crippen molar-refractivity contribution in [2.75, 3.05) is 6.67 Å². The van der Waals surface area contributed by atoms with Gasteiger partial charge in [-0.2, -0.15) is 4.99 Å². The molecule has 11 heavy (non-hydrogen) atoms. The van der Waals surface area contributed by atoms with Crippen molar-refractivity contribution in [2.24, 2.45) is 4.99 Å². The molecule has 0 spiro atoms. The fourth-order valence-electron chi connectivity index (χ4n) is 1.05. The van der Waals surface area contributed by atoms with Crippen molar-refractivity contribution in [3.8, 4) is 0 Å². The summed E-state index contributed by atoms with van der Waals surface area (Å²) in [5.41, 5.74) is 0.223. The molecule has 2 rings (SSSR count). The average molecular weight is 154 g/mol. The molecule has 0 aromatic heterocycles. The summed E-state index contributed by atoms with van der Waals surface area (Å²) < 4.78 is 0. The molecule has 0 aromatic rings. The van der Waals surface area contributed by atoms with E-state index in [1.165, 1.54) is 0 Å². The highest BCUT2D eigenvalue weighted by atomic mass is 16.2. The Morgan fingerprint density at radius 3 is 3.00 bits per heavy atom. The van der Waals surface area contributed by atoms with Crippen LogP contribution in [0.15, 0.2) is 4.99 Å². The minimum atomic E-state index is -0.463. The fraction of sp³-hybridized carbons (Fsp3) is 0.400. The van der Waals surface area contributed by atoms with Crippen LogP contribution in [0, 0.1) is 0 Å². The molecule has 0 aromatic carbocycles. The lowest BCUT2D eigenvalue weighted by Crippen LogP contribution is -2.58. The molecule has 0 bridgehead atoms. The van der Waals surface area contributed by atoms with E-state index in [1.54, 1.807) is 0 Å². The third kappa shape index (κ3) is 0.874. The molecule has 0 radical (unpaired) electrons. The van der Waals surface area contributed by atoms with E-state index in [4.69, 9.17) is 0 Å². The molecule has 6 heteroatoms. The van der Waals surface area contributed by atoms with E-state index in [0.29, 0.717) is 6.67 Å². The average Bonchev–Trinajstić information content (AvgIpc) is 2.31. The lowest BCUT2D eigenvalue weighted by Gasteiger charge is -2.20. The van der Waals surface area contributed by atoms with Gasteiger partial charge in [0.2, 0.25) is 0 Å². The molecule has 1 atom stereocenters. The number of nitrogens with one attached hydrogen (secondary N) is 3. The summed E-state index contributed by atoms with van der Waals surface area (Å²) >= 11 is 0. The van der Waals surface area contributed by atoms with Crippen molar-refractivity contribution in [1.82, 2.24) is 16.0 Å². The predicted molar refractivity (Wildman–Crippen MR) is 35.9 cm³/mol. The highest BCUT2D eigenvalue weighted by molar-refractivity contribution is 6.44. The minimum Gasteiger partial charge on any atom is -0.338 e. The molecule has 3 amide bonds. The summed E-state index contributed by atoms with van der Waals surface area (Å²) in [6.07, 6.45) is -0.392. The number of amides is 3. The molecular weight excluding hydrogens is 148 g/mol. The first-order valence-corrected chi connectivity index (χ1v) is 3.18. The van der Waals surface area contributed by atoms with Crippen molar-refractivity contribution in [1.29, 1.82) is 0 Å². The first-order chi connectivity index (χ1) is 5.27. The number of rotatable bonds is 0. The van der Waals surface area contributed by atoms with E-state index in [1.807, 2.05) is 0 Å². The van der Waals surface area contributed by atoms with Crippen molar-refractivity contribution in [2.45, 2.75) is 6.17 Å². The second-order valence-electron chi connectivity index (χ2n) is 2.27. The van der Waals surface area contributed by atoms with Crippen LogP contribution in [-0.4, -0.2) is 30.5 Å². The van der Waals surface area contributed by atoms with Gasteiger partial charge < -0.3 is 10.6 Å². The number of carbonyl (C=O) groups is 2. The molecule has 2 aliphatic rings. The van der Waals surface area contributed by atoms with Gasteiger partial charge in [0.05, 0.1) is 6.67 Å². The molecular formula is C5H6N4O2. The Balaban J connectivity index is 2.29. The zero-order chi connectivity index (χ0) is 7.84. The van der Waals surface area contributed by atoms with Gasteiger partial charge in [0.15, 0.2) is 0 Å². The van der Waals surface area contributed by atoms with Crippen LogP contribution in [0.2, 0.25) is 0 Å². The van der Waals surface area contributed by atoms with Crippen LogP contribution in [-0.2, 0) is 4.79 Å². The summed E-state index contributed by atoms with van der Waals surface area (Å²) in [6.45, 7) is 0.364. The standard InChI is InChI=1S/C5H6N4O2/c10-4-2-3(6-1-7-4)9-5(11)8-2/h3,6H,1H2,(H,7,10)(H,9,11). The Labute approximate surface area is 62.1 Å². The Morgan fingerprint density at radius 2 is 2.27 bits per heavy atom. The number of nitrogens with zero attached hydrogens (tertiary/aromatic N) is 1. The van der Waals surface area contributed by atoms with Crippen LogP contribution in [0.5, 0.6) is 0 Å². The van der Waals surface area contributed by atoms with Crippen molar-refractivity contribution < 1.29 is 9.59 Å². The van der Waals surface area contributed by atoms with Crippen LogP contribution in [0.25, 0.3) is 0 Å². The van der Waals surface area contributed by atoms with Gasteiger partial charge in [-0.1, -0.05) is 0 Å². The lowest BCUT2D eigenvalue weighted by molar-refractivity contribution is -0.115. The minimum absolute atomic E-state index is 0.223. The highest BCUT2D eigenvalue weighted by Crippen LogP contribution is 1.99. The zero-order valence-electron chi connectivity index (χ0n) is 5.55. The van der Waals surface area contributed by atoms with Gasteiger partial charge >= 0.3 is 6.03 Å². The first-order valence-electron chi connectivity index (χ1n) is 3.18. The molecule has 58 valence electrons. The maximum atomic E-state index is 10.9. The van der Waals surface area contributed by atoms with Gasteiger partial charge in [-0.05, 0) is 0 Å². The maximum absolute atomic E-state index is 10.9. The van der Waals surface area contributed by atoms with Gasteiger partial charge in [0, 0.05) is 0 Å². The monoisotopic (exact) mass is 154 g/mol. The quantitative estimate of drug-likeness (QED) is 0.383. The Morgan fingerprint density at radius 1 is 1.45 bits per heavy atom. The second kappa shape index (κ2) is 2.03. The summed E-state index contributed by atoms with van der Waals surface area (Å²) in [4.78, 5) is 25.1. The van der Waals surface area contributed by atoms with Gasteiger partial charge in [-0.25, -0.2) is 4.79 Å². The van der Waals surface area contributed by atoms with E-state index in [-0.39, 0.29) is 11.6 Å². The van der Waals surface area contributed by atoms with Crippen LogP contribution in [0.4, 0.5) is 4.79 Å². The van der Waals surface area contributed by atoms with E-state index in [0.717, 1.165) is 0 Å². The predicted octanol–water partition coefficient (Wildman–Crippen LogP) is -1.85. The van der Waals surface area contributed by atoms with Crippen molar-refractivity contribution >= 4 is 17.6 Å². The molecule has 3 N–H and O–H groups in total.